The number of ether oxygens (including phenoxy) is 1. The predicted octanol–water partition coefficient (Wildman–Crippen LogP) is 6.24. The molecule has 0 aliphatic rings. The number of hydrogen-bond donors (Lipinski definition) is 2. The average Bonchev–Trinajstić information content (AvgIpc) is 3.43. The van der Waals surface area contributed by atoms with Crippen molar-refractivity contribution < 1.29 is 14.3 Å². The number of halogens is 3. The number of carbonyl (C=O) groups excluding carboxylic acids is 2. The van der Waals surface area contributed by atoms with Crippen molar-refractivity contribution in [2.24, 2.45) is 0 Å². The average molecular weight is 594 g/mol. The Morgan fingerprint density at radius 3 is 2.50 bits per heavy atom. The van der Waals surface area contributed by atoms with Gasteiger partial charge in [0.2, 0.25) is 0 Å². The van der Waals surface area contributed by atoms with Gasteiger partial charge >= 0.3 is 0 Å². The van der Waals surface area contributed by atoms with Crippen LogP contribution in [-0.2, 0) is 6.54 Å². The summed E-state index contributed by atoms with van der Waals surface area (Å²) in [5.41, 5.74) is 1.82. The molecule has 0 saturated heterocycles. The topological polar surface area (TPSA) is 101 Å². The van der Waals surface area contributed by atoms with Crippen molar-refractivity contribution in [3.8, 4) is 5.75 Å². The molecule has 4 aromatic rings. The molecular formula is C25H23Cl3N6O3S. The van der Waals surface area contributed by atoms with E-state index in [1.54, 1.807) is 12.1 Å². The molecule has 0 aliphatic carbocycles. The molecule has 0 fully saturated rings. The SMILES string of the molecule is COc1cc(Cl)cc(C(=O)Nc2ccc(Cl)cn2)c1NC(=O)c1scc(Cn2nc(C)cc2N(C)C)c1Cl. The van der Waals surface area contributed by atoms with Crippen LogP contribution in [-0.4, -0.2) is 47.8 Å². The van der Waals surface area contributed by atoms with Crippen molar-refractivity contribution >= 4 is 75.3 Å². The molecular weight excluding hydrogens is 571 g/mol. The van der Waals surface area contributed by atoms with Gasteiger partial charge in [0.05, 0.1) is 40.6 Å². The first-order chi connectivity index (χ1) is 18.1. The van der Waals surface area contributed by atoms with Crippen LogP contribution in [0.15, 0.2) is 41.9 Å². The number of nitrogens with one attached hydrogen (secondary N) is 2. The van der Waals surface area contributed by atoms with Crippen LogP contribution >= 0.6 is 46.1 Å². The van der Waals surface area contributed by atoms with Crippen LogP contribution in [0.25, 0.3) is 0 Å². The minimum Gasteiger partial charge on any atom is -0.494 e. The van der Waals surface area contributed by atoms with E-state index in [4.69, 9.17) is 39.5 Å². The highest BCUT2D eigenvalue weighted by Crippen LogP contribution is 2.35. The number of rotatable bonds is 8. The van der Waals surface area contributed by atoms with Crippen LogP contribution in [0.4, 0.5) is 17.3 Å². The van der Waals surface area contributed by atoms with Gasteiger partial charge in [-0.15, -0.1) is 11.3 Å². The van der Waals surface area contributed by atoms with E-state index in [2.05, 4.69) is 20.7 Å². The van der Waals surface area contributed by atoms with Crippen LogP contribution in [0.1, 0.15) is 31.3 Å². The Bertz CT molecular complexity index is 1500. The second kappa shape index (κ2) is 11.6. The van der Waals surface area contributed by atoms with Gasteiger partial charge < -0.3 is 20.3 Å². The number of thiophene rings is 1. The standard InChI is InChI=1S/C25H23Cl3N6O3S/c1-13-7-20(33(2)3)34(32-13)11-14-12-38-23(21(14)28)25(36)31-22-17(8-16(27)9-18(22)37-4)24(35)30-19-6-5-15(26)10-29-19/h5-10,12H,11H2,1-4H3,(H,31,36)(H,29,30,35). The summed E-state index contributed by atoms with van der Waals surface area (Å²) in [6.07, 6.45) is 1.40. The number of nitrogens with zero attached hydrogens (tertiary/aromatic N) is 4. The van der Waals surface area contributed by atoms with E-state index in [0.29, 0.717) is 16.6 Å². The summed E-state index contributed by atoms with van der Waals surface area (Å²) < 4.78 is 7.23. The third kappa shape index (κ3) is 6.05. The lowest BCUT2D eigenvalue weighted by Crippen LogP contribution is -2.19. The van der Waals surface area contributed by atoms with Gasteiger partial charge in [0, 0.05) is 43.0 Å². The highest BCUT2D eigenvalue weighted by Gasteiger charge is 2.24. The summed E-state index contributed by atoms with van der Waals surface area (Å²) in [5.74, 6) is 0.324. The van der Waals surface area contributed by atoms with Gasteiger partial charge in [-0.2, -0.15) is 5.10 Å². The summed E-state index contributed by atoms with van der Waals surface area (Å²) in [6.45, 7) is 2.30. The first kappa shape index (κ1) is 27.7. The van der Waals surface area contributed by atoms with E-state index in [0.717, 1.165) is 17.1 Å². The molecule has 0 saturated carbocycles. The molecule has 1 aromatic carbocycles. The van der Waals surface area contributed by atoms with Gasteiger partial charge in [0.15, 0.2) is 0 Å². The summed E-state index contributed by atoms with van der Waals surface area (Å²) in [5, 5.41) is 12.7. The Labute approximate surface area is 238 Å². The van der Waals surface area contributed by atoms with Crippen LogP contribution in [0.5, 0.6) is 5.75 Å². The van der Waals surface area contributed by atoms with Gasteiger partial charge in [0.25, 0.3) is 11.8 Å². The van der Waals surface area contributed by atoms with Crippen molar-refractivity contribution in [1.82, 2.24) is 14.8 Å². The molecule has 198 valence electrons. The number of aromatic nitrogens is 3. The van der Waals surface area contributed by atoms with Crippen LogP contribution in [0.3, 0.4) is 0 Å². The Morgan fingerprint density at radius 1 is 1.08 bits per heavy atom. The number of amides is 2. The highest BCUT2D eigenvalue weighted by atomic mass is 35.5. The number of benzene rings is 1. The van der Waals surface area contributed by atoms with Crippen molar-refractivity contribution in [2.45, 2.75) is 13.5 Å². The Hall–Kier alpha value is -3.31. The molecule has 3 aromatic heterocycles. The molecule has 0 unspecified atom stereocenters. The number of carbonyl (C=O) groups is 2. The molecule has 0 aliphatic heterocycles. The van der Waals surface area contributed by atoms with Crippen LogP contribution in [0.2, 0.25) is 15.1 Å². The Kier molecular flexibility index (Phi) is 8.47. The molecule has 13 heteroatoms. The lowest BCUT2D eigenvalue weighted by molar-refractivity contribution is 0.102. The monoisotopic (exact) mass is 592 g/mol. The molecule has 3 heterocycles. The minimum absolute atomic E-state index is 0.0787. The zero-order chi connectivity index (χ0) is 27.6. The second-order valence-electron chi connectivity index (χ2n) is 8.40. The summed E-state index contributed by atoms with van der Waals surface area (Å²) in [4.78, 5) is 32.8. The first-order valence-electron chi connectivity index (χ1n) is 11.2. The van der Waals surface area contributed by atoms with E-state index >= 15 is 0 Å². The second-order valence-corrected chi connectivity index (χ2v) is 10.5. The summed E-state index contributed by atoms with van der Waals surface area (Å²) >= 11 is 19.9. The molecule has 2 amide bonds. The van der Waals surface area contributed by atoms with Gasteiger partial charge in [-0.05, 0) is 30.5 Å². The zero-order valence-electron chi connectivity index (χ0n) is 20.8. The van der Waals surface area contributed by atoms with Crippen molar-refractivity contribution in [1.29, 1.82) is 0 Å². The Balaban J connectivity index is 1.62. The molecule has 0 spiro atoms. The van der Waals surface area contributed by atoms with Gasteiger partial charge in [-0.25, -0.2) is 9.67 Å². The van der Waals surface area contributed by atoms with Gasteiger partial charge in [-0.1, -0.05) is 34.8 Å². The maximum Gasteiger partial charge on any atom is 0.267 e. The van der Waals surface area contributed by atoms with Crippen LogP contribution < -0.4 is 20.3 Å². The smallest absolute Gasteiger partial charge is 0.267 e. The number of pyridine rings is 1. The summed E-state index contributed by atoms with van der Waals surface area (Å²) in [7, 11) is 5.27. The van der Waals surface area contributed by atoms with Crippen molar-refractivity contribution in [3.05, 3.63) is 78.7 Å². The van der Waals surface area contributed by atoms with Crippen molar-refractivity contribution in [3.63, 3.8) is 0 Å². The molecule has 0 radical (unpaired) electrons. The molecule has 0 bridgehead atoms. The highest BCUT2D eigenvalue weighted by molar-refractivity contribution is 7.13. The minimum atomic E-state index is -0.556. The van der Waals surface area contributed by atoms with E-state index in [1.807, 2.05) is 42.0 Å². The zero-order valence-corrected chi connectivity index (χ0v) is 23.9. The Morgan fingerprint density at radius 2 is 1.84 bits per heavy atom. The third-order valence-electron chi connectivity index (χ3n) is 5.40. The lowest BCUT2D eigenvalue weighted by atomic mass is 10.1. The fourth-order valence-electron chi connectivity index (χ4n) is 3.66. The quantitative estimate of drug-likeness (QED) is 0.251. The molecule has 38 heavy (non-hydrogen) atoms. The van der Waals surface area contributed by atoms with Gasteiger partial charge in [-0.3, -0.25) is 9.59 Å². The number of methoxy groups -OCH3 is 1. The van der Waals surface area contributed by atoms with E-state index in [-0.39, 0.29) is 32.7 Å². The van der Waals surface area contributed by atoms with Gasteiger partial charge in [0.1, 0.15) is 22.3 Å². The van der Waals surface area contributed by atoms with Crippen molar-refractivity contribution in [2.75, 3.05) is 36.7 Å². The lowest BCUT2D eigenvalue weighted by Gasteiger charge is -2.16. The maximum absolute atomic E-state index is 13.3. The summed E-state index contributed by atoms with van der Waals surface area (Å²) in [6, 6.07) is 8.03. The number of aryl methyl sites for hydroxylation is 1. The van der Waals surface area contributed by atoms with Crippen LogP contribution in [0, 0.1) is 6.92 Å². The number of hydrogen-bond acceptors (Lipinski definition) is 7. The molecule has 4 rings (SSSR count). The fraction of sp³-hybridized carbons (Fsp3) is 0.200. The molecule has 0 atom stereocenters. The normalized spacial score (nSPS) is 10.8. The first-order valence-corrected chi connectivity index (χ1v) is 13.2. The maximum atomic E-state index is 13.3. The molecule has 9 nitrogen and oxygen atoms in total. The predicted molar refractivity (Wildman–Crippen MR) is 153 cm³/mol. The fourth-order valence-corrected chi connectivity index (χ4v) is 5.23. The number of anilines is 3. The van der Waals surface area contributed by atoms with E-state index < -0.39 is 11.8 Å². The third-order valence-corrected chi connectivity index (χ3v) is 7.42. The van der Waals surface area contributed by atoms with E-state index in [1.165, 1.54) is 36.8 Å². The largest absolute Gasteiger partial charge is 0.494 e. The van der Waals surface area contributed by atoms with E-state index in [9.17, 15) is 9.59 Å². The molecule has 2 N–H and O–H groups in total.